The van der Waals surface area contributed by atoms with E-state index >= 15 is 0 Å². The number of carbonyl (C=O) groups excluding carboxylic acids is 1. The van der Waals surface area contributed by atoms with Crippen LogP contribution in [0.3, 0.4) is 0 Å². The van der Waals surface area contributed by atoms with Crippen molar-refractivity contribution >= 4 is 39.8 Å². The van der Waals surface area contributed by atoms with Crippen LogP contribution in [0.1, 0.15) is 6.92 Å². The number of fused-ring (bicyclic) bond motifs is 1. The molecule has 2 N–H and O–H groups in total. The predicted octanol–water partition coefficient (Wildman–Crippen LogP) is 2.85. The van der Waals surface area contributed by atoms with E-state index in [1.807, 2.05) is 29.3 Å². The highest BCUT2D eigenvalue weighted by Gasteiger charge is 2.23. The number of hydrogen-bond acceptors (Lipinski definition) is 5. The SMILES string of the molecule is CCN1C(=O)CSc2cc(-c3csc(N)n3)ccc21. The highest BCUT2D eigenvalue weighted by Crippen LogP contribution is 2.38. The molecule has 0 saturated carbocycles. The Labute approximate surface area is 119 Å². The summed E-state index contributed by atoms with van der Waals surface area (Å²) in [6, 6.07) is 6.08. The summed E-state index contributed by atoms with van der Waals surface area (Å²) in [5.41, 5.74) is 8.60. The van der Waals surface area contributed by atoms with Crippen LogP contribution < -0.4 is 10.6 Å². The van der Waals surface area contributed by atoms with Crippen LogP contribution in [0.5, 0.6) is 0 Å². The molecule has 4 nitrogen and oxygen atoms in total. The molecule has 1 aromatic heterocycles. The molecule has 0 spiro atoms. The zero-order valence-electron chi connectivity index (χ0n) is 10.4. The summed E-state index contributed by atoms with van der Waals surface area (Å²) in [5.74, 6) is 0.675. The van der Waals surface area contributed by atoms with Gasteiger partial charge in [-0.1, -0.05) is 6.07 Å². The van der Waals surface area contributed by atoms with Crippen molar-refractivity contribution in [3.63, 3.8) is 0 Å². The Morgan fingerprint density at radius 3 is 3.00 bits per heavy atom. The van der Waals surface area contributed by atoms with Gasteiger partial charge in [0, 0.05) is 22.4 Å². The van der Waals surface area contributed by atoms with Crippen molar-refractivity contribution < 1.29 is 4.79 Å². The average molecular weight is 291 g/mol. The second-order valence-corrected chi connectivity index (χ2v) is 6.09. The van der Waals surface area contributed by atoms with Gasteiger partial charge in [0.1, 0.15) is 0 Å². The Balaban J connectivity index is 2.03. The minimum atomic E-state index is 0.172. The van der Waals surface area contributed by atoms with Crippen molar-refractivity contribution in [2.75, 3.05) is 22.9 Å². The number of nitrogen functional groups attached to an aromatic ring is 1. The van der Waals surface area contributed by atoms with Crippen LogP contribution in [0.25, 0.3) is 11.3 Å². The third-order valence-corrected chi connectivity index (χ3v) is 4.74. The van der Waals surface area contributed by atoms with Crippen molar-refractivity contribution in [3.8, 4) is 11.3 Å². The maximum Gasteiger partial charge on any atom is 0.237 e. The third-order valence-electron chi connectivity index (χ3n) is 3.04. The van der Waals surface area contributed by atoms with E-state index in [2.05, 4.69) is 11.1 Å². The van der Waals surface area contributed by atoms with E-state index in [9.17, 15) is 4.79 Å². The van der Waals surface area contributed by atoms with Crippen LogP contribution in [0.2, 0.25) is 0 Å². The highest BCUT2D eigenvalue weighted by molar-refractivity contribution is 8.00. The van der Waals surface area contributed by atoms with Gasteiger partial charge in [-0.2, -0.15) is 0 Å². The van der Waals surface area contributed by atoms with Crippen LogP contribution in [0.4, 0.5) is 10.8 Å². The second-order valence-electron chi connectivity index (χ2n) is 4.18. The lowest BCUT2D eigenvalue weighted by molar-refractivity contribution is -0.116. The lowest BCUT2D eigenvalue weighted by Crippen LogP contribution is -2.34. The van der Waals surface area contributed by atoms with Gasteiger partial charge in [-0.15, -0.1) is 23.1 Å². The number of rotatable bonds is 2. The molecule has 0 radical (unpaired) electrons. The fourth-order valence-electron chi connectivity index (χ4n) is 2.13. The molecule has 0 bridgehead atoms. The molecule has 6 heteroatoms. The number of nitrogens with two attached hydrogens (primary N) is 1. The molecule has 3 rings (SSSR count). The monoisotopic (exact) mass is 291 g/mol. The molecule has 1 aromatic carbocycles. The second kappa shape index (κ2) is 4.86. The van der Waals surface area contributed by atoms with Gasteiger partial charge in [0.25, 0.3) is 0 Å². The molecule has 1 amide bonds. The third kappa shape index (κ3) is 2.21. The van der Waals surface area contributed by atoms with E-state index < -0.39 is 0 Å². The molecule has 0 aliphatic carbocycles. The van der Waals surface area contributed by atoms with Gasteiger partial charge in [-0.05, 0) is 19.1 Å². The van der Waals surface area contributed by atoms with Gasteiger partial charge in [0.05, 0.1) is 17.1 Å². The standard InChI is InChI=1S/C13H13N3OS2/c1-2-16-10-4-3-8(9-6-19-13(14)15-9)5-11(10)18-7-12(16)17/h3-6H,2,7H2,1H3,(H2,14,15). The number of benzene rings is 1. The van der Waals surface area contributed by atoms with Crippen LogP contribution in [0, 0.1) is 0 Å². The molecular formula is C13H13N3OS2. The molecule has 0 unspecified atom stereocenters. The molecule has 98 valence electrons. The van der Waals surface area contributed by atoms with E-state index in [4.69, 9.17) is 5.73 Å². The summed E-state index contributed by atoms with van der Waals surface area (Å²) in [7, 11) is 0. The average Bonchev–Trinajstić information content (AvgIpc) is 2.85. The molecular weight excluding hydrogens is 278 g/mol. The number of anilines is 2. The van der Waals surface area contributed by atoms with Gasteiger partial charge >= 0.3 is 0 Å². The number of amides is 1. The Morgan fingerprint density at radius 2 is 2.32 bits per heavy atom. The fourth-order valence-corrected chi connectivity index (χ4v) is 3.67. The fraction of sp³-hybridized carbons (Fsp3) is 0.231. The topological polar surface area (TPSA) is 59.2 Å². The first kappa shape index (κ1) is 12.5. The Hall–Kier alpha value is -1.53. The van der Waals surface area contributed by atoms with Gasteiger partial charge < -0.3 is 10.6 Å². The van der Waals surface area contributed by atoms with Crippen LogP contribution >= 0.6 is 23.1 Å². The normalized spacial score (nSPS) is 14.6. The van der Waals surface area contributed by atoms with Gasteiger partial charge in [0.15, 0.2) is 5.13 Å². The van der Waals surface area contributed by atoms with E-state index in [0.29, 0.717) is 17.4 Å². The van der Waals surface area contributed by atoms with E-state index in [1.54, 1.807) is 11.8 Å². The number of carbonyl (C=O) groups is 1. The minimum absolute atomic E-state index is 0.172. The smallest absolute Gasteiger partial charge is 0.237 e. The summed E-state index contributed by atoms with van der Waals surface area (Å²) in [5, 5.41) is 2.53. The number of thiazole rings is 1. The quantitative estimate of drug-likeness (QED) is 0.924. The number of hydrogen-bond donors (Lipinski definition) is 1. The summed E-state index contributed by atoms with van der Waals surface area (Å²) in [4.78, 5) is 19.1. The first-order chi connectivity index (χ1) is 9.19. The molecule has 2 heterocycles. The number of thioether (sulfide) groups is 1. The number of nitrogens with zero attached hydrogens (tertiary/aromatic N) is 2. The first-order valence-corrected chi connectivity index (χ1v) is 7.84. The van der Waals surface area contributed by atoms with Crippen molar-refractivity contribution in [2.45, 2.75) is 11.8 Å². The van der Waals surface area contributed by atoms with Crippen molar-refractivity contribution in [3.05, 3.63) is 23.6 Å². The summed E-state index contributed by atoms with van der Waals surface area (Å²) < 4.78 is 0. The van der Waals surface area contributed by atoms with Crippen molar-refractivity contribution in [1.29, 1.82) is 0 Å². The molecule has 0 fully saturated rings. The zero-order valence-corrected chi connectivity index (χ0v) is 12.1. The molecule has 2 aromatic rings. The summed E-state index contributed by atoms with van der Waals surface area (Å²) >= 11 is 3.02. The molecule has 0 atom stereocenters. The van der Waals surface area contributed by atoms with Crippen LogP contribution in [-0.2, 0) is 4.79 Å². The van der Waals surface area contributed by atoms with Crippen molar-refractivity contribution in [2.24, 2.45) is 0 Å². The molecule has 1 aliphatic rings. The van der Waals surface area contributed by atoms with Gasteiger partial charge in [0.2, 0.25) is 5.91 Å². The van der Waals surface area contributed by atoms with E-state index in [1.165, 1.54) is 11.3 Å². The Morgan fingerprint density at radius 1 is 1.47 bits per heavy atom. The molecule has 1 aliphatic heterocycles. The van der Waals surface area contributed by atoms with E-state index in [0.717, 1.165) is 21.8 Å². The largest absolute Gasteiger partial charge is 0.375 e. The minimum Gasteiger partial charge on any atom is -0.375 e. The van der Waals surface area contributed by atoms with Gasteiger partial charge in [-0.25, -0.2) is 4.98 Å². The predicted molar refractivity (Wildman–Crippen MR) is 80.7 cm³/mol. The van der Waals surface area contributed by atoms with Crippen LogP contribution in [-0.4, -0.2) is 23.2 Å². The Bertz CT molecular complexity index is 639. The van der Waals surface area contributed by atoms with E-state index in [-0.39, 0.29) is 5.91 Å². The Kier molecular flexibility index (Phi) is 3.20. The zero-order chi connectivity index (χ0) is 13.4. The first-order valence-electron chi connectivity index (χ1n) is 5.97. The van der Waals surface area contributed by atoms with Crippen LogP contribution in [0.15, 0.2) is 28.5 Å². The lowest BCUT2D eigenvalue weighted by atomic mass is 10.1. The number of aromatic nitrogens is 1. The van der Waals surface area contributed by atoms with Crippen molar-refractivity contribution in [1.82, 2.24) is 4.98 Å². The molecule has 19 heavy (non-hydrogen) atoms. The maximum atomic E-state index is 11.8. The molecule has 0 saturated heterocycles. The summed E-state index contributed by atoms with van der Waals surface area (Å²) in [6.45, 7) is 2.70. The van der Waals surface area contributed by atoms with Gasteiger partial charge in [-0.3, -0.25) is 4.79 Å². The summed E-state index contributed by atoms with van der Waals surface area (Å²) in [6.07, 6.45) is 0. The lowest BCUT2D eigenvalue weighted by Gasteiger charge is -2.28. The maximum absolute atomic E-state index is 11.8. The highest BCUT2D eigenvalue weighted by atomic mass is 32.2.